The Hall–Kier alpha value is -2.28. The van der Waals surface area contributed by atoms with Gasteiger partial charge in [0, 0.05) is 25.2 Å². The van der Waals surface area contributed by atoms with Crippen molar-refractivity contribution in [1.82, 2.24) is 19.7 Å². The van der Waals surface area contributed by atoms with E-state index in [0.29, 0.717) is 18.7 Å². The number of rotatable bonds is 3. The molecule has 7 heteroatoms. The summed E-state index contributed by atoms with van der Waals surface area (Å²) in [5.41, 5.74) is 0.486. The van der Waals surface area contributed by atoms with E-state index in [1.165, 1.54) is 18.2 Å². The molecule has 1 aliphatic rings. The number of carbonyl (C=O) groups is 1. The van der Waals surface area contributed by atoms with Gasteiger partial charge in [0.1, 0.15) is 18.0 Å². The third kappa shape index (κ3) is 2.39. The fourth-order valence-electron chi connectivity index (χ4n) is 2.32. The van der Waals surface area contributed by atoms with E-state index in [1.807, 2.05) is 9.47 Å². The smallest absolute Gasteiger partial charge is 0.335 e. The van der Waals surface area contributed by atoms with E-state index in [0.717, 1.165) is 18.9 Å². The Morgan fingerprint density at radius 2 is 2.25 bits per heavy atom. The van der Waals surface area contributed by atoms with Gasteiger partial charge in [-0.2, -0.15) is 0 Å². The van der Waals surface area contributed by atoms with Gasteiger partial charge in [-0.3, -0.25) is 4.90 Å². The van der Waals surface area contributed by atoms with Crippen LogP contribution in [-0.2, 0) is 19.6 Å². The molecule has 0 saturated carbocycles. The lowest BCUT2D eigenvalue weighted by atomic mass is 10.1. The van der Waals surface area contributed by atoms with Gasteiger partial charge in [0.2, 0.25) is 0 Å². The average Bonchev–Trinajstić information content (AvgIpc) is 2.88. The normalized spacial score (nSPS) is 15.1. The second-order valence-electron chi connectivity index (χ2n) is 4.76. The maximum absolute atomic E-state index is 13.8. The summed E-state index contributed by atoms with van der Waals surface area (Å²) in [5, 5.41) is 16.8. The molecule has 1 N–H and O–H groups in total. The third-order valence-electron chi connectivity index (χ3n) is 3.40. The number of halogens is 1. The zero-order valence-corrected chi connectivity index (χ0v) is 10.7. The Balaban J connectivity index is 1.78. The summed E-state index contributed by atoms with van der Waals surface area (Å²) in [6, 6.07) is 3.86. The zero-order chi connectivity index (χ0) is 14.1. The molecule has 0 radical (unpaired) electrons. The summed E-state index contributed by atoms with van der Waals surface area (Å²) in [5.74, 6) is -0.599. The van der Waals surface area contributed by atoms with Crippen molar-refractivity contribution in [3.63, 3.8) is 0 Å². The quantitative estimate of drug-likeness (QED) is 0.910. The molecule has 1 aromatic heterocycles. The number of carboxylic acids is 1. The highest BCUT2D eigenvalue weighted by atomic mass is 19.1. The molecule has 2 aromatic rings. The summed E-state index contributed by atoms with van der Waals surface area (Å²) >= 11 is 0. The number of aromatic carboxylic acids is 1. The zero-order valence-electron chi connectivity index (χ0n) is 10.7. The van der Waals surface area contributed by atoms with Crippen LogP contribution in [0.4, 0.5) is 4.39 Å². The van der Waals surface area contributed by atoms with Crippen LogP contribution in [0.25, 0.3) is 0 Å². The molecule has 0 saturated heterocycles. The topological polar surface area (TPSA) is 71.2 Å². The van der Waals surface area contributed by atoms with E-state index in [4.69, 9.17) is 5.11 Å². The van der Waals surface area contributed by atoms with E-state index in [2.05, 4.69) is 10.2 Å². The number of fused-ring (bicyclic) bond motifs is 1. The first-order valence-corrected chi connectivity index (χ1v) is 6.24. The predicted molar refractivity (Wildman–Crippen MR) is 67.5 cm³/mol. The van der Waals surface area contributed by atoms with Crippen LogP contribution in [0.15, 0.2) is 24.5 Å². The van der Waals surface area contributed by atoms with Crippen LogP contribution >= 0.6 is 0 Å². The number of nitrogens with zero attached hydrogens (tertiary/aromatic N) is 4. The standard InChI is InChI=1S/C13H13FN4O2/c14-11-2-1-9(13(19)20)5-10(11)6-17-3-4-18-8-15-16-12(18)7-17/h1-2,5,8H,3-4,6-7H2,(H,19,20). The lowest BCUT2D eigenvalue weighted by Crippen LogP contribution is -2.33. The molecule has 0 atom stereocenters. The van der Waals surface area contributed by atoms with Crippen molar-refractivity contribution < 1.29 is 14.3 Å². The second kappa shape index (κ2) is 5.01. The summed E-state index contributed by atoms with van der Waals surface area (Å²) < 4.78 is 15.7. The molecular weight excluding hydrogens is 263 g/mol. The maximum atomic E-state index is 13.8. The fourth-order valence-corrected chi connectivity index (χ4v) is 2.32. The van der Waals surface area contributed by atoms with E-state index in [-0.39, 0.29) is 11.4 Å². The third-order valence-corrected chi connectivity index (χ3v) is 3.40. The van der Waals surface area contributed by atoms with Gasteiger partial charge in [-0.25, -0.2) is 9.18 Å². The molecule has 0 amide bonds. The molecule has 20 heavy (non-hydrogen) atoms. The van der Waals surface area contributed by atoms with Crippen LogP contribution < -0.4 is 0 Å². The van der Waals surface area contributed by atoms with Crippen LogP contribution in [-0.4, -0.2) is 37.3 Å². The Bertz CT molecular complexity index is 656. The summed E-state index contributed by atoms with van der Waals surface area (Å²) in [6.07, 6.45) is 1.68. The van der Waals surface area contributed by atoms with Gasteiger partial charge in [-0.05, 0) is 18.2 Å². The lowest BCUT2D eigenvalue weighted by Gasteiger charge is -2.27. The summed E-state index contributed by atoms with van der Waals surface area (Å²) in [4.78, 5) is 12.9. The molecule has 1 aromatic carbocycles. The minimum atomic E-state index is -1.05. The van der Waals surface area contributed by atoms with Crippen molar-refractivity contribution in [3.05, 3.63) is 47.3 Å². The van der Waals surface area contributed by atoms with Crippen molar-refractivity contribution in [1.29, 1.82) is 0 Å². The van der Waals surface area contributed by atoms with Gasteiger partial charge in [0.25, 0.3) is 0 Å². The number of aromatic nitrogens is 3. The molecule has 1 aliphatic heterocycles. The molecular formula is C13H13FN4O2. The fraction of sp³-hybridized carbons (Fsp3) is 0.308. The summed E-state index contributed by atoms with van der Waals surface area (Å²) in [7, 11) is 0. The van der Waals surface area contributed by atoms with Gasteiger partial charge < -0.3 is 9.67 Å². The molecule has 0 spiro atoms. The second-order valence-corrected chi connectivity index (χ2v) is 4.76. The van der Waals surface area contributed by atoms with Crippen molar-refractivity contribution in [2.75, 3.05) is 6.54 Å². The van der Waals surface area contributed by atoms with Gasteiger partial charge in [-0.15, -0.1) is 10.2 Å². The first-order chi connectivity index (χ1) is 9.63. The molecule has 2 heterocycles. The van der Waals surface area contributed by atoms with Crippen LogP contribution in [0.3, 0.4) is 0 Å². The van der Waals surface area contributed by atoms with Crippen molar-refractivity contribution >= 4 is 5.97 Å². The maximum Gasteiger partial charge on any atom is 0.335 e. The van der Waals surface area contributed by atoms with E-state index < -0.39 is 5.97 Å². The molecule has 0 aliphatic carbocycles. The Kier molecular flexibility index (Phi) is 3.19. The number of benzene rings is 1. The van der Waals surface area contributed by atoms with Crippen molar-refractivity contribution in [2.24, 2.45) is 0 Å². The minimum Gasteiger partial charge on any atom is -0.478 e. The number of hydrogen-bond donors (Lipinski definition) is 1. The van der Waals surface area contributed by atoms with Gasteiger partial charge in [-0.1, -0.05) is 0 Å². The van der Waals surface area contributed by atoms with Crippen LogP contribution in [0, 0.1) is 5.82 Å². The minimum absolute atomic E-state index is 0.0987. The van der Waals surface area contributed by atoms with Crippen LogP contribution in [0.1, 0.15) is 21.7 Å². The van der Waals surface area contributed by atoms with Gasteiger partial charge in [0.15, 0.2) is 0 Å². The van der Waals surface area contributed by atoms with E-state index >= 15 is 0 Å². The van der Waals surface area contributed by atoms with Crippen molar-refractivity contribution in [2.45, 2.75) is 19.6 Å². The largest absolute Gasteiger partial charge is 0.478 e. The van der Waals surface area contributed by atoms with E-state index in [1.54, 1.807) is 6.33 Å². The molecule has 0 fully saturated rings. The first kappa shape index (κ1) is 12.7. The monoisotopic (exact) mass is 276 g/mol. The van der Waals surface area contributed by atoms with Crippen LogP contribution in [0.5, 0.6) is 0 Å². The van der Waals surface area contributed by atoms with Gasteiger partial charge in [0.05, 0.1) is 12.1 Å². The highest BCUT2D eigenvalue weighted by molar-refractivity contribution is 5.87. The molecule has 0 unspecified atom stereocenters. The molecule has 104 valence electrons. The first-order valence-electron chi connectivity index (χ1n) is 6.24. The highest BCUT2D eigenvalue weighted by Crippen LogP contribution is 2.17. The number of hydrogen-bond acceptors (Lipinski definition) is 4. The molecule has 3 rings (SSSR count). The van der Waals surface area contributed by atoms with Gasteiger partial charge >= 0.3 is 5.97 Å². The molecule has 6 nitrogen and oxygen atoms in total. The number of carboxylic acid groups (broad SMARTS) is 1. The average molecular weight is 276 g/mol. The molecule has 0 bridgehead atoms. The predicted octanol–water partition coefficient (Wildman–Crippen LogP) is 1.13. The Morgan fingerprint density at radius 1 is 1.40 bits per heavy atom. The highest BCUT2D eigenvalue weighted by Gasteiger charge is 2.19. The summed E-state index contributed by atoms with van der Waals surface area (Å²) in [6.45, 7) is 2.45. The SMILES string of the molecule is O=C(O)c1ccc(F)c(CN2CCn3cnnc3C2)c1. The van der Waals surface area contributed by atoms with Crippen molar-refractivity contribution in [3.8, 4) is 0 Å². The Labute approximate surface area is 114 Å². The van der Waals surface area contributed by atoms with E-state index in [9.17, 15) is 9.18 Å². The Morgan fingerprint density at radius 3 is 3.05 bits per heavy atom. The lowest BCUT2D eigenvalue weighted by molar-refractivity contribution is 0.0696. The van der Waals surface area contributed by atoms with Crippen LogP contribution in [0.2, 0.25) is 0 Å².